The maximum absolute atomic E-state index is 14.5. The molecule has 4 aliphatic heterocycles. The van der Waals surface area contributed by atoms with Gasteiger partial charge >= 0.3 is 0 Å². The van der Waals surface area contributed by atoms with Gasteiger partial charge in [0.2, 0.25) is 0 Å². The van der Waals surface area contributed by atoms with Crippen molar-refractivity contribution in [3.05, 3.63) is 24.0 Å². The number of piperidine rings is 2. The van der Waals surface area contributed by atoms with E-state index in [0.29, 0.717) is 42.8 Å². The maximum Gasteiger partial charge on any atom is 0.177 e. The summed E-state index contributed by atoms with van der Waals surface area (Å²) in [7, 11) is 1.54. The zero-order valence-electron chi connectivity index (χ0n) is 19.7. The third-order valence-electron chi connectivity index (χ3n) is 8.09. The van der Waals surface area contributed by atoms with Crippen LogP contribution in [0.15, 0.2) is 18.2 Å². The van der Waals surface area contributed by atoms with Crippen LogP contribution in [-0.2, 0) is 9.47 Å². The molecule has 4 saturated heterocycles. The molecule has 184 valence electrons. The Hall–Kier alpha value is -1.45. The summed E-state index contributed by atoms with van der Waals surface area (Å²) in [5, 5.41) is 15.1. The van der Waals surface area contributed by atoms with Crippen LogP contribution in [0, 0.1) is 23.6 Å². The molecule has 0 aliphatic carbocycles. The van der Waals surface area contributed by atoms with Crippen LogP contribution in [0.4, 0.5) is 10.1 Å². The molecule has 0 amide bonds. The number of ether oxygens (including phenoxy) is 3. The summed E-state index contributed by atoms with van der Waals surface area (Å²) in [6.45, 7) is 5.94. The van der Waals surface area contributed by atoms with Crippen molar-refractivity contribution >= 4 is 5.69 Å². The van der Waals surface area contributed by atoms with Gasteiger partial charge in [-0.2, -0.15) is 0 Å². The monoisotopic (exact) mass is 462 g/mol. The first-order valence-electron chi connectivity index (χ1n) is 12.7. The van der Waals surface area contributed by atoms with Crippen LogP contribution < -0.4 is 26.0 Å². The minimum absolute atomic E-state index is 0.132. The second kappa shape index (κ2) is 10.9. The second-order valence-electron chi connectivity index (χ2n) is 9.97. The Morgan fingerprint density at radius 1 is 1.00 bits per heavy atom. The van der Waals surface area contributed by atoms with Gasteiger partial charge in [0.15, 0.2) is 11.6 Å². The van der Waals surface area contributed by atoms with Gasteiger partial charge in [0.25, 0.3) is 0 Å². The van der Waals surface area contributed by atoms with E-state index >= 15 is 0 Å². The first kappa shape index (κ1) is 23.3. The zero-order valence-corrected chi connectivity index (χ0v) is 19.7. The summed E-state index contributed by atoms with van der Waals surface area (Å²) in [6.07, 6.45) is 4.65. The lowest BCUT2D eigenvalue weighted by atomic mass is 9.78. The molecule has 2 bridgehead atoms. The Morgan fingerprint density at radius 2 is 1.94 bits per heavy atom. The van der Waals surface area contributed by atoms with Crippen LogP contribution in [0.1, 0.15) is 25.7 Å². The molecule has 0 spiro atoms. The highest BCUT2D eigenvalue weighted by molar-refractivity contribution is 5.58. The lowest BCUT2D eigenvalue weighted by molar-refractivity contribution is -0.0400. The van der Waals surface area contributed by atoms with Crippen LogP contribution in [0.2, 0.25) is 0 Å². The van der Waals surface area contributed by atoms with Gasteiger partial charge in [-0.25, -0.2) is 4.39 Å². The predicted octanol–water partition coefficient (Wildman–Crippen LogP) is 1.99. The van der Waals surface area contributed by atoms with E-state index in [-0.39, 0.29) is 24.0 Å². The molecule has 8 heteroatoms. The molecule has 6 unspecified atom stereocenters. The van der Waals surface area contributed by atoms with Crippen LogP contribution in [-0.4, -0.2) is 77.3 Å². The number of methoxy groups -OCH3 is 1. The minimum atomic E-state index is -0.331. The largest absolute Gasteiger partial charge is 0.492 e. The van der Waals surface area contributed by atoms with Crippen LogP contribution in [0.3, 0.4) is 0 Å². The SMILES string of the molecule is COc1c(F)cccc1NC1C2CNC[C@H]3CCCCOCCOC4CNCCC4C1NC23. The van der Waals surface area contributed by atoms with Crippen molar-refractivity contribution in [2.24, 2.45) is 17.8 Å². The number of fused-ring (bicyclic) bond motifs is 3. The number of anilines is 1. The van der Waals surface area contributed by atoms with Crippen molar-refractivity contribution < 1.29 is 18.6 Å². The lowest BCUT2D eigenvalue weighted by Gasteiger charge is -2.39. The van der Waals surface area contributed by atoms with Crippen molar-refractivity contribution in [1.82, 2.24) is 16.0 Å². The minimum Gasteiger partial charge on any atom is -0.492 e. The van der Waals surface area contributed by atoms with E-state index in [0.717, 1.165) is 51.3 Å². The molecule has 4 fully saturated rings. The lowest BCUT2D eigenvalue weighted by Crippen LogP contribution is -2.54. The van der Waals surface area contributed by atoms with E-state index in [4.69, 9.17) is 14.2 Å². The molecule has 1 aromatic carbocycles. The van der Waals surface area contributed by atoms with E-state index in [1.807, 2.05) is 6.07 Å². The van der Waals surface area contributed by atoms with Gasteiger partial charge in [0, 0.05) is 49.7 Å². The smallest absolute Gasteiger partial charge is 0.177 e. The summed E-state index contributed by atoms with van der Waals surface area (Å²) < 4.78 is 32.1. The summed E-state index contributed by atoms with van der Waals surface area (Å²) in [5.74, 6) is 1.33. The number of hydrogen-bond acceptors (Lipinski definition) is 7. The van der Waals surface area contributed by atoms with Gasteiger partial charge in [-0.1, -0.05) is 12.5 Å². The van der Waals surface area contributed by atoms with E-state index in [1.54, 1.807) is 6.07 Å². The molecule has 4 N–H and O–H groups in total. The highest BCUT2D eigenvalue weighted by atomic mass is 19.1. The van der Waals surface area contributed by atoms with E-state index in [2.05, 4.69) is 21.3 Å². The van der Waals surface area contributed by atoms with Crippen molar-refractivity contribution in [3.8, 4) is 5.75 Å². The number of benzene rings is 1. The van der Waals surface area contributed by atoms with Crippen molar-refractivity contribution in [2.45, 2.75) is 49.9 Å². The molecular weight excluding hydrogens is 423 g/mol. The summed E-state index contributed by atoms with van der Waals surface area (Å²) in [6, 6.07) is 5.98. The fourth-order valence-electron chi connectivity index (χ4n) is 6.53. The Kier molecular flexibility index (Phi) is 7.67. The Bertz CT molecular complexity index is 784. The fraction of sp³-hybridized carbons (Fsp3) is 0.760. The summed E-state index contributed by atoms with van der Waals surface area (Å²) in [5.41, 5.74) is 0.731. The van der Waals surface area contributed by atoms with Gasteiger partial charge in [-0.05, 0) is 50.4 Å². The predicted molar refractivity (Wildman–Crippen MR) is 126 cm³/mol. The summed E-state index contributed by atoms with van der Waals surface area (Å²) >= 11 is 0. The number of nitrogens with one attached hydrogen (secondary N) is 4. The van der Waals surface area contributed by atoms with E-state index in [9.17, 15) is 4.39 Å². The van der Waals surface area contributed by atoms with E-state index < -0.39 is 0 Å². The standard InChI is InChI=1S/C25H39FN4O3/c1-31-25-19(26)6-4-7-20(25)29-24-18-14-28-13-16-5-2-3-10-32-11-12-33-21-15-27-9-8-17(21)23(24)30-22(16)18/h4,6-7,16-18,21-24,27-30H,2-3,5,8-15H2,1H3/t16-,17?,18?,21?,22?,23?,24?/m1/s1. The molecule has 7 atom stereocenters. The normalized spacial score (nSPS) is 37.6. The average Bonchev–Trinajstić information content (AvgIpc) is 3.20. The Morgan fingerprint density at radius 3 is 2.85 bits per heavy atom. The van der Waals surface area contributed by atoms with Gasteiger partial charge in [0.05, 0.1) is 32.1 Å². The Balaban J connectivity index is 1.46. The quantitative estimate of drug-likeness (QED) is 0.547. The van der Waals surface area contributed by atoms with Crippen molar-refractivity contribution in [1.29, 1.82) is 0 Å². The molecule has 4 heterocycles. The third kappa shape index (κ3) is 5.00. The highest BCUT2D eigenvalue weighted by Crippen LogP contribution is 2.39. The highest BCUT2D eigenvalue weighted by Gasteiger charge is 2.51. The molecule has 5 rings (SSSR count). The Labute approximate surface area is 196 Å². The molecule has 0 aromatic heterocycles. The molecule has 7 nitrogen and oxygen atoms in total. The first-order chi connectivity index (χ1) is 16.3. The zero-order chi connectivity index (χ0) is 22.6. The van der Waals surface area contributed by atoms with Crippen LogP contribution >= 0.6 is 0 Å². The van der Waals surface area contributed by atoms with Crippen LogP contribution in [0.5, 0.6) is 5.75 Å². The fourth-order valence-corrected chi connectivity index (χ4v) is 6.53. The molecule has 1 aromatic rings. The van der Waals surface area contributed by atoms with Gasteiger partial charge in [-0.3, -0.25) is 0 Å². The van der Waals surface area contributed by atoms with Gasteiger partial charge < -0.3 is 35.5 Å². The maximum atomic E-state index is 14.5. The van der Waals surface area contributed by atoms with Gasteiger partial charge in [-0.15, -0.1) is 0 Å². The number of hydrogen-bond donors (Lipinski definition) is 4. The molecule has 0 saturated carbocycles. The topological polar surface area (TPSA) is 75.8 Å². The third-order valence-corrected chi connectivity index (χ3v) is 8.09. The van der Waals surface area contributed by atoms with Crippen molar-refractivity contribution in [3.63, 3.8) is 0 Å². The number of halogens is 1. The number of rotatable bonds is 3. The second-order valence-corrected chi connectivity index (χ2v) is 9.97. The molecule has 4 aliphatic rings. The summed E-state index contributed by atoms with van der Waals surface area (Å²) in [4.78, 5) is 0. The average molecular weight is 463 g/mol. The van der Waals surface area contributed by atoms with E-state index in [1.165, 1.54) is 26.0 Å². The van der Waals surface area contributed by atoms with Gasteiger partial charge in [0.1, 0.15) is 0 Å². The number of para-hydroxylation sites is 1. The first-order valence-corrected chi connectivity index (χ1v) is 12.7. The molecular formula is C25H39FN4O3. The van der Waals surface area contributed by atoms with Crippen LogP contribution in [0.25, 0.3) is 0 Å². The molecule has 0 radical (unpaired) electrons. The van der Waals surface area contributed by atoms with Crippen molar-refractivity contribution in [2.75, 3.05) is 58.4 Å². The molecule has 33 heavy (non-hydrogen) atoms.